The highest BCUT2D eigenvalue weighted by atomic mass is 79.9. The molecule has 2 aromatic heterocycles. The highest BCUT2D eigenvalue weighted by molar-refractivity contribution is 9.10. The van der Waals surface area contributed by atoms with E-state index >= 15 is 0 Å². The summed E-state index contributed by atoms with van der Waals surface area (Å²) >= 11 is 4.86. The monoisotopic (exact) mass is 449 g/mol. The first-order valence-electron chi connectivity index (χ1n) is 8.34. The topological polar surface area (TPSA) is 73.3 Å². The largest absolute Gasteiger partial charge is 0.480 e. The van der Waals surface area contributed by atoms with Gasteiger partial charge in [0, 0.05) is 11.6 Å². The second-order valence-electron chi connectivity index (χ2n) is 6.04. The summed E-state index contributed by atoms with van der Waals surface area (Å²) in [5, 5.41) is 3.82. The maximum atomic E-state index is 12.9. The first-order chi connectivity index (χ1) is 13.0. The third-order valence-corrected chi connectivity index (χ3v) is 6.10. The molecular weight excluding hydrogens is 430 g/mol. The molecule has 27 heavy (non-hydrogen) atoms. The van der Waals surface area contributed by atoms with Crippen molar-refractivity contribution in [1.82, 2.24) is 15.3 Å². The van der Waals surface area contributed by atoms with Crippen LogP contribution in [0.25, 0.3) is 10.2 Å². The SMILES string of the molecule is COCc1nc(OC)c2c(C)c(C(=O)NC(C)c3ccccc3Br)sc2n1. The molecule has 1 aromatic carbocycles. The number of aryl methyl sites for hydroxylation is 1. The number of fused-ring (bicyclic) bond motifs is 1. The van der Waals surface area contributed by atoms with Crippen LogP contribution >= 0.6 is 27.3 Å². The number of amides is 1. The summed E-state index contributed by atoms with van der Waals surface area (Å²) in [6, 6.07) is 7.69. The minimum atomic E-state index is -0.144. The Hall–Kier alpha value is -2.03. The second-order valence-corrected chi connectivity index (χ2v) is 7.89. The van der Waals surface area contributed by atoms with E-state index < -0.39 is 0 Å². The number of aromatic nitrogens is 2. The van der Waals surface area contributed by atoms with Crippen molar-refractivity contribution in [1.29, 1.82) is 0 Å². The van der Waals surface area contributed by atoms with E-state index in [-0.39, 0.29) is 18.6 Å². The molecule has 0 bridgehead atoms. The molecule has 0 fully saturated rings. The average molecular weight is 450 g/mol. The van der Waals surface area contributed by atoms with E-state index in [0.717, 1.165) is 21.0 Å². The van der Waals surface area contributed by atoms with Crippen molar-refractivity contribution < 1.29 is 14.3 Å². The lowest BCUT2D eigenvalue weighted by Crippen LogP contribution is -2.26. The maximum Gasteiger partial charge on any atom is 0.262 e. The molecule has 3 rings (SSSR count). The van der Waals surface area contributed by atoms with Crippen molar-refractivity contribution in [2.75, 3.05) is 14.2 Å². The molecule has 1 atom stereocenters. The van der Waals surface area contributed by atoms with Crippen LogP contribution in [0.2, 0.25) is 0 Å². The molecule has 1 amide bonds. The Morgan fingerprint density at radius 2 is 2.04 bits per heavy atom. The molecule has 0 aliphatic rings. The van der Waals surface area contributed by atoms with E-state index in [1.165, 1.54) is 11.3 Å². The predicted molar refractivity (Wildman–Crippen MR) is 109 cm³/mol. The number of hydrogen-bond acceptors (Lipinski definition) is 6. The van der Waals surface area contributed by atoms with Gasteiger partial charge in [0.2, 0.25) is 5.88 Å². The third kappa shape index (κ3) is 3.97. The van der Waals surface area contributed by atoms with Crippen LogP contribution in [-0.4, -0.2) is 30.1 Å². The zero-order valence-corrected chi connectivity index (χ0v) is 17.9. The van der Waals surface area contributed by atoms with Gasteiger partial charge in [-0.1, -0.05) is 34.1 Å². The first-order valence-corrected chi connectivity index (χ1v) is 9.95. The van der Waals surface area contributed by atoms with Crippen LogP contribution in [0, 0.1) is 6.92 Å². The number of hydrogen-bond donors (Lipinski definition) is 1. The number of nitrogens with zero attached hydrogens (tertiary/aromatic N) is 2. The van der Waals surface area contributed by atoms with Crippen LogP contribution in [-0.2, 0) is 11.3 Å². The number of carbonyl (C=O) groups is 1. The summed E-state index contributed by atoms with van der Waals surface area (Å²) in [4.78, 5) is 23.1. The van der Waals surface area contributed by atoms with E-state index in [9.17, 15) is 4.79 Å². The quantitative estimate of drug-likeness (QED) is 0.603. The van der Waals surface area contributed by atoms with Gasteiger partial charge in [0.15, 0.2) is 5.82 Å². The zero-order chi connectivity index (χ0) is 19.6. The smallest absolute Gasteiger partial charge is 0.262 e. The van der Waals surface area contributed by atoms with Crippen LogP contribution < -0.4 is 10.1 Å². The van der Waals surface area contributed by atoms with Gasteiger partial charge in [-0.3, -0.25) is 4.79 Å². The summed E-state index contributed by atoms with van der Waals surface area (Å²) in [5.74, 6) is 0.837. The average Bonchev–Trinajstić information content (AvgIpc) is 2.98. The number of nitrogens with one attached hydrogen (secondary N) is 1. The van der Waals surface area contributed by atoms with E-state index in [4.69, 9.17) is 9.47 Å². The lowest BCUT2D eigenvalue weighted by molar-refractivity contribution is 0.0943. The standard InChI is InChI=1S/C19H20BrN3O3S/c1-10-15-18(26-4)22-14(9-25-3)23-19(15)27-16(10)17(24)21-11(2)12-7-5-6-8-13(12)20/h5-8,11H,9H2,1-4H3,(H,21,24). The normalized spacial score (nSPS) is 12.2. The van der Waals surface area contributed by atoms with Crippen molar-refractivity contribution in [3.63, 3.8) is 0 Å². The van der Waals surface area contributed by atoms with Crippen LogP contribution in [0.4, 0.5) is 0 Å². The molecule has 0 aliphatic heterocycles. The summed E-state index contributed by atoms with van der Waals surface area (Å²) in [7, 11) is 3.14. The Kier molecular flexibility index (Phi) is 6.08. The number of ether oxygens (including phenoxy) is 2. The number of benzene rings is 1. The number of methoxy groups -OCH3 is 2. The van der Waals surface area contributed by atoms with Crippen molar-refractivity contribution in [2.24, 2.45) is 0 Å². The van der Waals surface area contributed by atoms with Gasteiger partial charge in [0.1, 0.15) is 11.4 Å². The van der Waals surface area contributed by atoms with Gasteiger partial charge in [0.05, 0.1) is 23.4 Å². The molecule has 2 heterocycles. The van der Waals surface area contributed by atoms with Crippen molar-refractivity contribution >= 4 is 43.4 Å². The Balaban J connectivity index is 1.95. The summed E-state index contributed by atoms with van der Waals surface area (Å²) in [6.07, 6.45) is 0. The fourth-order valence-electron chi connectivity index (χ4n) is 2.87. The Labute approximate surface area is 170 Å². The molecule has 8 heteroatoms. The molecule has 1 unspecified atom stereocenters. The van der Waals surface area contributed by atoms with Crippen molar-refractivity contribution in [3.05, 3.63) is 50.6 Å². The highest BCUT2D eigenvalue weighted by Gasteiger charge is 2.22. The Morgan fingerprint density at radius 1 is 1.30 bits per heavy atom. The maximum absolute atomic E-state index is 12.9. The van der Waals surface area contributed by atoms with Crippen LogP contribution in [0.1, 0.15) is 39.6 Å². The summed E-state index contributed by atoms with van der Waals surface area (Å²) in [5.41, 5.74) is 1.83. The minimum Gasteiger partial charge on any atom is -0.480 e. The fourth-order valence-corrected chi connectivity index (χ4v) is 4.59. The Bertz CT molecular complexity index is 990. The van der Waals surface area contributed by atoms with Crippen LogP contribution in [0.15, 0.2) is 28.7 Å². The highest BCUT2D eigenvalue weighted by Crippen LogP contribution is 2.35. The molecular formula is C19H20BrN3O3S. The van der Waals surface area contributed by atoms with Crippen LogP contribution in [0.5, 0.6) is 5.88 Å². The van der Waals surface area contributed by atoms with E-state index in [2.05, 4.69) is 31.2 Å². The third-order valence-electron chi connectivity index (χ3n) is 4.20. The number of thiophene rings is 1. The minimum absolute atomic E-state index is 0.144. The lowest BCUT2D eigenvalue weighted by Gasteiger charge is -2.15. The molecule has 142 valence electrons. The van der Waals surface area contributed by atoms with Crippen molar-refractivity contribution in [2.45, 2.75) is 26.5 Å². The predicted octanol–water partition coefficient (Wildman–Crippen LogP) is 4.41. The molecule has 3 aromatic rings. The van der Waals surface area contributed by atoms with E-state index in [0.29, 0.717) is 21.4 Å². The van der Waals surface area contributed by atoms with Gasteiger partial charge >= 0.3 is 0 Å². The molecule has 0 spiro atoms. The molecule has 0 saturated carbocycles. The number of carbonyl (C=O) groups excluding carboxylic acids is 1. The number of rotatable bonds is 6. The van der Waals surface area contributed by atoms with E-state index in [1.807, 2.05) is 38.1 Å². The molecule has 1 N–H and O–H groups in total. The fraction of sp³-hybridized carbons (Fsp3) is 0.316. The molecule has 6 nitrogen and oxygen atoms in total. The van der Waals surface area contributed by atoms with E-state index in [1.54, 1.807) is 14.2 Å². The number of halogens is 1. The summed E-state index contributed by atoms with van der Waals surface area (Å²) < 4.78 is 11.5. The summed E-state index contributed by atoms with van der Waals surface area (Å²) in [6.45, 7) is 4.13. The lowest BCUT2D eigenvalue weighted by atomic mass is 10.1. The van der Waals surface area contributed by atoms with Crippen LogP contribution in [0.3, 0.4) is 0 Å². The van der Waals surface area contributed by atoms with Gasteiger partial charge in [-0.15, -0.1) is 11.3 Å². The van der Waals surface area contributed by atoms with Gasteiger partial charge in [-0.2, -0.15) is 4.98 Å². The molecule has 0 saturated heterocycles. The first kappa shape index (κ1) is 19.7. The zero-order valence-electron chi connectivity index (χ0n) is 15.5. The second kappa shape index (κ2) is 8.33. The van der Waals surface area contributed by atoms with Gasteiger partial charge in [-0.25, -0.2) is 4.98 Å². The van der Waals surface area contributed by atoms with Gasteiger partial charge < -0.3 is 14.8 Å². The van der Waals surface area contributed by atoms with Gasteiger partial charge in [-0.05, 0) is 31.0 Å². The Morgan fingerprint density at radius 3 is 2.70 bits per heavy atom. The molecule has 0 aliphatic carbocycles. The molecule has 0 radical (unpaired) electrons. The van der Waals surface area contributed by atoms with Gasteiger partial charge in [0.25, 0.3) is 5.91 Å². The van der Waals surface area contributed by atoms with Crippen molar-refractivity contribution in [3.8, 4) is 5.88 Å².